The summed E-state index contributed by atoms with van der Waals surface area (Å²) >= 11 is 0. The van der Waals surface area contributed by atoms with Gasteiger partial charge in [-0.05, 0) is 26.3 Å². The quantitative estimate of drug-likeness (QED) is 0.691. The number of carboxylic acids is 1. The lowest BCUT2D eigenvalue weighted by Gasteiger charge is -2.18. The molecule has 0 radical (unpaired) electrons. The fourth-order valence-corrected chi connectivity index (χ4v) is 3.08. The van der Waals surface area contributed by atoms with Crippen molar-refractivity contribution >= 4 is 11.9 Å². The van der Waals surface area contributed by atoms with E-state index in [2.05, 4.69) is 27.3 Å². The van der Waals surface area contributed by atoms with Gasteiger partial charge in [-0.2, -0.15) is 13.2 Å². The van der Waals surface area contributed by atoms with Crippen molar-refractivity contribution in [3.8, 4) is 0 Å². The highest BCUT2D eigenvalue weighted by Gasteiger charge is 2.38. The van der Waals surface area contributed by atoms with E-state index >= 15 is 0 Å². The van der Waals surface area contributed by atoms with Crippen molar-refractivity contribution in [1.82, 2.24) is 24.9 Å². The van der Waals surface area contributed by atoms with Crippen molar-refractivity contribution in [3.63, 3.8) is 0 Å². The number of carbonyl (C=O) groups is 2. The monoisotopic (exact) mass is 459 g/mol. The number of aryl methyl sites for hydroxylation is 1. The molecule has 2 N–H and O–H groups in total. The Morgan fingerprint density at radius 2 is 2.00 bits per heavy atom. The third-order valence-corrected chi connectivity index (χ3v) is 4.57. The number of carboxylic acid groups (broad SMARTS) is 1. The van der Waals surface area contributed by atoms with Crippen LogP contribution in [0.1, 0.15) is 47.4 Å². The second kappa shape index (κ2) is 10.9. The maximum atomic E-state index is 12.4. The Labute approximate surface area is 181 Å². The van der Waals surface area contributed by atoms with E-state index in [0.717, 1.165) is 31.8 Å². The van der Waals surface area contributed by atoms with Gasteiger partial charge in [0.2, 0.25) is 0 Å². The van der Waals surface area contributed by atoms with Gasteiger partial charge in [0, 0.05) is 19.2 Å². The number of halogens is 3. The third-order valence-electron chi connectivity index (χ3n) is 4.57. The molecule has 1 amide bonds. The Bertz CT molecular complexity index is 1000. The molecule has 1 aliphatic rings. The second-order valence-electron chi connectivity index (χ2n) is 7.06. The molecule has 0 saturated heterocycles. The Balaban J connectivity index is 0.000000451. The van der Waals surface area contributed by atoms with Crippen molar-refractivity contribution in [2.24, 2.45) is 0 Å². The number of hydrogen-bond acceptors (Lipinski definition) is 7. The fourth-order valence-electron chi connectivity index (χ4n) is 3.08. The molecule has 1 aliphatic heterocycles. The number of aromatic nitrogens is 3. The highest BCUT2D eigenvalue weighted by atomic mass is 19.4. The molecule has 2 aromatic rings. The first-order valence-corrected chi connectivity index (χ1v) is 9.84. The zero-order valence-electron chi connectivity index (χ0n) is 17.6. The van der Waals surface area contributed by atoms with Crippen LogP contribution in [0.25, 0.3) is 0 Å². The summed E-state index contributed by atoms with van der Waals surface area (Å²) in [6.45, 7) is 7.32. The van der Waals surface area contributed by atoms with Gasteiger partial charge < -0.3 is 14.9 Å². The lowest BCUT2D eigenvalue weighted by atomic mass is 10.2. The van der Waals surface area contributed by atoms with Gasteiger partial charge in [-0.15, -0.1) is 0 Å². The van der Waals surface area contributed by atoms with Gasteiger partial charge in [0.15, 0.2) is 0 Å². The number of aliphatic carboxylic acids is 1. The summed E-state index contributed by atoms with van der Waals surface area (Å²) in [7, 11) is 0. The summed E-state index contributed by atoms with van der Waals surface area (Å²) in [4.78, 5) is 40.4. The Morgan fingerprint density at radius 3 is 2.56 bits per heavy atom. The van der Waals surface area contributed by atoms with E-state index in [1.54, 1.807) is 11.5 Å². The van der Waals surface area contributed by atoms with E-state index in [1.165, 1.54) is 12.3 Å². The van der Waals surface area contributed by atoms with Gasteiger partial charge in [0.1, 0.15) is 17.1 Å². The standard InChI is InChI=1S/C17H23N5O3.C2HF3O2/c1-3-5-21-6-4-7-22-15(11-21)20-13(8-16(22)23)9-18-17(24)14-10-19-25-12(14)2;3-2(4,5)1(6)7/h8,10H,3-7,9,11H2,1-2H3,(H,18,24);(H,6,7). The normalized spacial score (nSPS) is 14.0. The lowest BCUT2D eigenvalue weighted by Crippen LogP contribution is -2.30. The van der Waals surface area contributed by atoms with E-state index in [1.807, 2.05) is 0 Å². The van der Waals surface area contributed by atoms with Crippen LogP contribution >= 0.6 is 0 Å². The highest BCUT2D eigenvalue weighted by molar-refractivity contribution is 5.94. The van der Waals surface area contributed by atoms with E-state index in [-0.39, 0.29) is 18.0 Å². The molecule has 13 heteroatoms. The summed E-state index contributed by atoms with van der Waals surface area (Å²) in [5, 5.41) is 13.5. The molecule has 0 spiro atoms. The minimum Gasteiger partial charge on any atom is -0.475 e. The first-order valence-electron chi connectivity index (χ1n) is 9.84. The minimum absolute atomic E-state index is 0.0613. The molecule has 0 aliphatic carbocycles. The fraction of sp³-hybridized carbons (Fsp3) is 0.526. The maximum absolute atomic E-state index is 12.4. The predicted molar refractivity (Wildman–Crippen MR) is 105 cm³/mol. The number of rotatable bonds is 5. The number of nitrogens with one attached hydrogen (secondary N) is 1. The lowest BCUT2D eigenvalue weighted by molar-refractivity contribution is -0.192. The van der Waals surface area contributed by atoms with Gasteiger partial charge in [-0.25, -0.2) is 9.78 Å². The van der Waals surface area contributed by atoms with Crippen LogP contribution in [0.5, 0.6) is 0 Å². The highest BCUT2D eigenvalue weighted by Crippen LogP contribution is 2.13. The average molecular weight is 459 g/mol. The number of fused-ring (bicyclic) bond motifs is 1. The van der Waals surface area contributed by atoms with E-state index < -0.39 is 12.1 Å². The molecule has 2 aromatic heterocycles. The van der Waals surface area contributed by atoms with Crippen molar-refractivity contribution in [2.45, 2.75) is 52.5 Å². The molecular formula is C19H24F3N5O5. The number of alkyl halides is 3. The predicted octanol–water partition coefficient (Wildman–Crippen LogP) is 1.72. The van der Waals surface area contributed by atoms with Crippen molar-refractivity contribution in [3.05, 3.63) is 45.5 Å². The molecule has 176 valence electrons. The average Bonchev–Trinajstić information content (AvgIpc) is 3.02. The number of carbonyl (C=O) groups excluding carboxylic acids is 1. The molecular weight excluding hydrogens is 435 g/mol. The topological polar surface area (TPSA) is 131 Å². The van der Waals surface area contributed by atoms with Crippen LogP contribution < -0.4 is 10.9 Å². The molecule has 0 saturated carbocycles. The van der Waals surface area contributed by atoms with Gasteiger partial charge in [-0.1, -0.05) is 12.1 Å². The van der Waals surface area contributed by atoms with Crippen LogP contribution in [-0.2, 0) is 24.4 Å². The van der Waals surface area contributed by atoms with E-state index in [9.17, 15) is 22.8 Å². The van der Waals surface area contributed by atoms with E-state index in [4.69, 9.17) is 14.4 Å². The summed E-state index contributed by atoms with van der Waals surface area (Å²) in [6, 6.07) is 1.50. The molecule has 0 aromatic carbocycles. The van der Waals surface area contributed by atoms with Gasteiger partial charge in [0.05, 0.1) is 25.0 Å². The maximum Gasteiger partial charge on any atom is 0.490 e. The van der Waals surface area contributed by atoms with Crippen LogP contribution in [0.3, 0.4) is 0 Å². The number of nitrogens with zero attached hydrogens (tertiary/aromatic N) is 4. The Kier molecular flexibility index (Phi) is 8.52. The van der Waals surface area contributed by atoms with Crippen molar-refractivity contribution < 1.29 is 32.4 Å². The molecule has 0 fully saturated rings. The molecule has 32 heavy (non-hydrogen) atoms. The first kappa shape index (κ1) is 25.0. The van der Waals surface area contributed by atoms with Gasteiger partial charge in [0.25, 0.3) is 11.5 Å². The zero-order valence-corrected chi connectivity index (χ0v) is 17.6. The summed E-state index contributed by atoms with van der Waals surface area (Å²) in [5.41, 5.74) is 0.895. The van der Waals surface area contributed by atoms with Crippen LogP contribution in [0.4, 0.5) is 13.2 Å². The molecule has 0 bridgehead atoms. The molecule has 0 atom stereocenters. The SMILES string of the molecule is CCCN1CCCn2c(nc(CNC(=O)c3cnoc3C)cc2=O)C1.O=C(O)C(F)(F)F. The summed E-state index contributed by atoms with van der Waals surface area (Å²) in [6.07, 6.45) is -1.69. The molecule has 3 rings (SSSR count). The van der Waals surface area contributed by atoms with Crippen LogP contribution in [0.15, 0.2) is 21.6 Å². The van der Waals surface area contributed by atoms with Crippen molar-refractivity contribution in [1.29, 1.82) is 0 Å². The summed E-state index contributed by atoms with van der Waals surface area (Å²) in [5.74, 6) is -1.82. The van der Waals surface area contributed by atoms with Crippen LogP contribution in [0, 0.1) is 6.92 Å². The molecule has 3 heterocycles. The van der Waals surface area contributed by atoms with Crippen LogP contribution in [0.2, 0.25) is 0 Å². The Hall–Kier alpha value is -3.22. The molecule has 0 unspecified atom stereocenters. The second-order valence-corrected chi connectivity index (χ2v) is 7.06. The van der Waals surface area contributed by atoms with Crippen LogP contribution in [-0.4, -0.2) is 55.9 Å². The van der Waals surface area contributed by atoms with Crippen molar-refractivity contribution in [2.75, 3.05) is 13.1 Å². The number of amides is 1. The minimum atomic E-state index is -5.08. The largest absolute Gasteiger partial charge is 0.490 e. The third kappa shape index (κ3) is 6.90. The van der Waals surface area contributed by atoms with Gasteiger partial charge in [-0.3, -0.25) is 19.1 Å². The number of hydrogen-bond donors (Lipinski definition) is 2. The summed E-state index contributed by atoms with van der Waals surface area (Å²) < 4.78 is 38.4. The van der Waals surface area contributed by atoms with Gasteiger partial charge >= 0.3 is 12.1 Å². The molecule has 10 nitrogen and oxygen atoms in total. The first-order chi connectivity index (χ1) is 15.0. The van der Waals surface area contributed by atoms with E-state index in [0.29, 0.717) is 30.1 Å². The smallest absolute Gasteiger partial charge is 0.475 e. The zero-order chi connectivity index (χ0) is 23.9. The Morgan fingerprint density at radius 1 is 1.31 bits per heavy atom.